The number of sulfone groups is 1. The Morgan fingerprint density at radius 3 is 2.35 bits per heavy atom. The maximum absolute atomic E-state index is 12.7. The third kappa shape index (κ3) is 4.25. The number of hydrogen-bond acceptors (Lipinski definition) is 4. The Labute approximate surface area is 139 Å². The van der Waals surface area contributed by atoms with Crippen molar-refractivity contribution in [3.05, 3.63) is 0 Å². The Bertz CT molecular complexity index is 579. The summed E-state index contributed by atoms with van der Waals surface area (Å²) >= 11 is 0. The number of likely N-dealkylation sites (tertiary alicyclic amines) is 1. The zero-order valence-corrected chi connectivity index (χ0v) is 15.4. The van der Waals surface area contributed by atoms with Crippen LogP contribution in [0.15, 0.2) is 0 Å². The molecule has 23 heavy (non-hydrogen) atoms. The topological polar surface area (TPSA) is 74.8 Å². The lowest BCUT2D eigenvalue weighted by atomic mass is 9.90. The van der Waals surface area contributed by atoms with Gasteiger partial charge in [0.15, 0.2) is 9.84 Å². The molecule has 0 aromatic carbocycles. The van der Waals surface area contributed by atoms with Gasteiger partial charge < -0.3 is 9.80 Å². The zero-order chi connectivity index (χ0) is 17.4. The van der Waals surface area contributed by atoms with E-state index < -0.39 is 15.3 Å². The summed E-state index contributed by atoms with van der Waals surface area (Å²) in [6, 6.07) is -0.221. The maximum atomic E-state index is 12.7. The summed E-state index contributed by atoms with van der Waals surface area (Å²) in [6.45, 7) is 6.79. The first kappa shape index (κ1) is 18.2. The van der Waals surface area contributed by atoms with Crippen LogP contribution < -0.4 is 0 Å². The van der Waals surface area contributed by atoms with Gasteiger partial charge in [0.25, 0.3) is 0 Å². The number of carbonyl (C=O) groups is 2. The first-order valence-corrected chi connectivity index (χ1v) is 10.1. The second-order valence-corrected chi connectivity index (χ2v) is 10.1. The van der Waals surface area contributed by atoms with Gasteiger partial charge in [-0.1, -0.05) is 20.8 Å². The average Bonchev–Trinajstić information content (AvgIpc) is 2.84. The van der Waals surface area contributed by atoms with E-state index in [1.165, 1.54) is 0 Å². The third-order valence-electron chi connectivity index (χ3n) is 4.80. The number of piperidine rings is 1. The minimum absolute atomic E-state index is 0.0292. The Balaban J connectivity index is 2.01. The van der Waals surface area contributed by atoms with Crippen LogP contribution in [0.3, 0.4) is 0 Å². The summed E-state index contributed by atoms with van der Waals surface area (Å²) in [5, 5.41) is 0. The van der Waals surface area contributed by atoms with E-state index in [0.29, 0.717) is 19.5 Å². The van der Waals surface area contributed by atoms with E-state index in [2.05, 4.69) is 0 Å². The van der Waals surface area contributed by atoms with Gasteiger partial charge in [0.2, 0.25) is 11.8 Å². The van der Waals surface area contributed by atoms with Crippen LogP contribution in [0.25, 0.3) is 0 Å². The number of amides is 2. The molecule has 7 heteroatoms. The molecular formula is C16H28N2O4S. The van der Waals surface area contributed by atoms with Crippen LogP contribution in [-0.2, 0) is 19.4 Å². The van der Waals surface area contributed by atoms with E-state index in [1.54, 1.807) is 16.8 Å². The van der Waals surface area contributed by atoms with E-state index in [0.717, 1.165) is 12.8 Å². The van der Waals surface area contributed by atoms with E-state index in [-0.39, 0.29) is 35.3 Å². The van der Waals surface area contributed by atoms with E-state index in [1.807, 2.05) is 20.8 Å². The highest BCUT2D eigenvalue weighted by molar-refractivity contribution is 7.91. The molecule has 0 bridgehead atoms. The SMILES string of the molecule is CN(C(=O)C1CCCN(C(=O)C(C)(C)C)C1)C1CCS(=O)(=O)C1. The zero-order valence-electron chi connectivity index (χ0n) is 14.5. The molecule has 132 valence electrons. The van der Waals surface area contributed by atoms with Crippen LogP contribution in [0.5, 0.6) is 0 Å². The predicted octanol–water partition coefficient (Wildman–Crippen LogP) is 0.917. The van der Waals surface area contributed by atoms with Gasteiger partial charge in [0.1, 0.15) is 0 Å². The molecule has 0 N–H and O–H groups in total. The van der Waals surface area contributed by atoms with Crippen molar-refractivity contribution in [3.63, 3.8) is 0 Å². The average molecular weight is 344 g/mol. The molecule has 0 spiro atoms. The van der Waals surface area contributed by atoms with Crippen LogP contribution in [0.1, 0.15) is 40.0 Å². The van der Waals surface area contributed by atoms with Crippen molar-refractivity contribution >= 4 is 21.7 Å². The van der Waals surface area contributed by atoms with Gasteiger partial charge in [-0.3, -0.25) is 9.59 Å². The normalized spacial score (nSPS) is 27.7. The molecule has 2 aliphatic heterocycles. The standard InChI is InChI=1S/C16H28N2O4S/c1-16(2,3)15(20)18-8-5-6-12(10-18)14(19)17(4)13-7-9-23(21,22)11-13/h12-13H,5-11H2,1-4H3. The van der Waals surface area contributed by atoms with Crippen molar-refractivity contribution in [1.82, 2.24) is 9.80 Å². The van der Waals surface area contributed by atoms with Crippen LogP contribution in [0.4, 0.5) is 0 Å². The summed E-state index contributed by atoms with van der Waals surface area (Å²) < 4.78 is 23.2. The van der Waals surface area contributed by atoms with Crippen molar-refractivity contribution < 1.29 is 18.0 Å². The van der Waals surface area contributed by atoms with Crippen molar-refractivity contribution in [3.8, 4) is 0 Å². The molecule has 0 saturated carbocycles. The molecule has 2 amide bonds. The van der Waals surface area contributed by atoms with E-state index >= 15 is 0 Å². The van der Waals surface area contributed by atoms with Crippen molar-refractivity contribution in [2.75, 3.05) is 31.6 Å². The number of rotatable bonds is 2. The summed E-state index contributed by atoms with van der Waals surface area (Å²) in [5.41, 5.74) is -0.448. The van der Waals surface area contributed by atoms with Gasteiger partial charge in [-0.2, -0.15) is 0 Å². The fraction of sp³-hybridized carbons (Fsp3) is 0.875. The van der Waals surface area contributed by atoms with Crippen LogP contribution in [0, 0.1) is 11.3 Å². The molecule has 2 saturated heterocycles. The summed E-state index contributed by atoms with van der Waals surface area (Å²) in [7, 11) is -1.31. The third-order valence-corrected chi connectivity index (χ3v) is 6.55. The lowest BCUT2D eigenvalue weighted by Crippen LogP contribution is -2.50. The Morgan fingerprint density at radius 2 is 1.83 bits per heavy atom. The monoisotopic (exact) mass is 344 g/mol. The second-order valence-electron chi connectivity index (χ2n) is 7.85. The van der Waals surface area contributed by atoms with Crippen molar-refractivity contribution in [2.45, 2.75) is 46.1 Å². The minimum Gasteiger partial charge on any atom is -0.341 e. The predicted molar refractivity (Wildman–Crippen MR) is 88.6 cm³/mol. The molecule has 2 unspecified atom stereocenters. The summed E-state index contributed by atoms with van der Waals surface area (Å²) in [4.78, 5) is 28.5. The molecule has 2 heterocycles. The first-order chi connectivity index (χ1) is 10.5. The van der Waals surface area contributed by atoms with E-state index in [9.17, 15) is 18.0 Å². The largest absolute Gasteiger partial charge is 0.341 e. The molecular weight excluding hydrogens is 316 g/mol. The minimum atomic E-state index is -3.01. The fourth-order valence-corrected chi connectivity index (χ4v) is 5.16. The van der Waals surface area contributed by atoms with Crippen molar-refractivity contribution in [1.29, 1.82) is 0 Å². The van der Waals surface area contributed by atoms with Crippen LogP contribution in [-0.4, -0.2) is 67.7 Å². The molecule has 0 aromatic heterocycles. The molecule has 2 rings (SSSR count). The Morgan fingerprint density at radius 1 is 1.17 bits per heavy atom. The van der Waals surface area contributed by atoms with Gasteiger partial charge >= 0.3 is 0 Å². The van der Waals surface area contributed by atoms with Crippen LogP contribution >= 0.6 is 0 Å². The second kappa shape index (κ2) is 6.42. The van der Waals surface area contributed by atoms with Gasteiger partial charge in [0.05, 0.1) is 17.4 Å². The molecule has 0 aromatic rings. The lowest BCUT2D eigenvalue weighted by molar-refractivity contribution is -0.145. The highest BCUT2D eigenvalue weighted by Crippen LogP contribution is 2.26. The summed E-state index contributed by atoms with van der Waals surface area (Å²) in [5.74, 6) is 0.0456. The first-order valence-electron chi connectivity index (χ1n) is 8.28. The number of hydrogen-bond donors (Lipinski definition) is 0. The Hall–Kier alpha value is -1.11. The smallest absolute Gasteiger partial charge is 0.227 e. The van der Waals surface area contributed by atoms with Gasteiger partial charge in [-0.25, -0.2) is 8.42 Å². The summed E-state index contributed by atoms with van der Waals surface area (Å²) in [6.07, 6.45) is 2.09. The highest BCUT2D eigenvalue weighted by atomic mass is 32.2. The lowest BCUT2D eigenvalue weighted by Gasteiger charge is -2.38. The molecule has 6 nitrogen and oxygen atoms in total. The van der Waals surface area contributed by atoms with E-state index in [4.69, 9.17) is 0 Å². The molecule has 0 aliphatic carbocycles. The van der Waals surface area contributed by atoms with Gasteiger partial charge in [-0.15, -0.1) is 0 Å². The van der Waals surface area contributed by atoms with Crippen molar-refractivity contribution in [2.24, 2.45) is 11.3 Å². The molecule has 2 fully saturated rings. The highest BCUT2D eigenvalue weighted by Gasteiger charge is 2.38. The fourth-order valence-electron chi connectivity index (χ4n) is 3.39. The number of carbonyl (C=O) groups excluding carboxylic acids is 2. The molecule has 0 radical (unpaired) electrons. The quantitative estimate of drug-likeness (QED) is 0.746. The van der Waals surface area contributed by atoms with Gasteiger partial charge in [0, 0.05) is 31.6 Å². The van der Waals surface area contributed by atoms with Gasteiger partial charge in [-0.05, 0) is 19.3 Å². The maximum Gasteiger partial charge on any atom is 0.227 e. The number of nitrogens with zero attached hydrogens (tertiary/aromatic N) is 2. The van der Waals surface area contributed by atoms with Crippen LogP contribution in [0.2, 0.25) is 0 Å². The Kier molecular flexibility index (Phi) is 5.09. The molecule has 2 aliphatic rings. The molecule has 2 atom stereocenters.